The van der Waals surface area contributed by atoms with Crippen molar-refractivity contribution >= 4 is 31.3 Å². The van der Waals surface area contributed by atoms with E-state index < -0.39 is 24.9 Å². The quantitative estimate of drug-likeness (QED) is 0.483. The van der Waals surface area contributed by atoms with Crippen LogP contribution in [0.15, 0.2) is 98.5 Å². The largest absolute Gasteiger partial charge is 0.294 e. The Morgan fingerprint density at radius 3 is 1.82 bits per heavy atom. The number of sulfonamides is 1. The van der Waals surface area contributed by atoms with Crippen molar-refractivity contribution in [2.75, 3.05) is 4.72 Å². The van der Waals surface area contributed by atoms with E-state index in [0.29, 0.717) is 5.69 Å². The fraction of sp³-hybridized carbons (Fsp3) is 0. The fourth-order valence-corrected chi connectivity index (χ4v) is 5.84. The van der Waals surface area contributed by atoms with E-state index in [-0.39, 0.29) is 15.5 Å². The molecule has 0 radical (unpaired) electrons. The predicted octanol–water partition coefficient (Wildman–Crippen LogP) is 3.84. The molecule has 3 rings (SSSR count). The zero-order valence-corrected chi connectivity index (χ0v) is 16.0. The molecule has 28 heavy (non-hydrogen) atoms. The van der Waals surface area contributed by atoms with Gasteiger partial charge in [-0.1, -0.05) is 40.2 Å². The second-order valence-electron chi connectivity index (χ2n) is 5.61. The van der Waals surface area contributed by atoms with Gasteiger partial charge in [0.05, 0.1) is 14.7 Å². The highest BCUT2D eigenvalue weighted by Crippen LogP contribution is 2.24. The van der Waals surface area contributed by atoms with Crippen LogP contribution in [-0.4, -0.2) is 17.6 Å². The van der Waals surface area contributed by atoms with Crippen molar-refractivity contribution in [1.82, 2.24) is 0 Å². The van der Waals surface area contributed by atoms with Crippen molar-refractivity contribution in [3.05, 3.63) is 95.0 Å². The number of anilines is 1. The highest BCUT2D eigenvalue weighted by Gasteiger charge is 2.21. The van der Waals surface area contributed by atoms with Gasteiger partial charge in [-0.2, -0.15) is 8.42 Å². The van der Waals surface area contributed by atoms with Crippen molar-refractivity contribution in [3.8, 4) is 0 Å². The maximum Gasteiger partial charge on any atom is 0.291 e. The Hall–Kier alpha value is -3.24. The molecule has 1 atom stereocenters. The molecule has 0 spiro atoms. The monoisotopic (exact) mass is 417 g/mol. The first-order valence-electron chi connectivity index (χ1n) is 7.96. The SMILES string of the molecule is O=[N+]([O-])c1ccc(S(=O)(=NS(=O)(=O)c2ccccc2)Nc2ccccc2)cc1. The Morgan fingerprint density at radius 1 is 0.750 bits per heavy atom. The van der Waals surface area contributed by atoms with E-state index in [2.05, 4.69) is 8.49 Å². The normalized spacial score (nSPS) is 13.3. The lowest BCUT2D eigenvalue weighted by Crippen LogP contribution is -2.15. The topological polar surface area (TPSA) is 119 Å². The van der Waals surface area contributed by atoms with Crippen molar-refractivity contribution in [2.45, 2.75) is 9.79 Å². The van der Waals surface area contributed by atoms with E-state index in [4.69, 9.17) is 0 Å². The molecular weight excluding hydrogens is 402 g/mol. The molecule has 0 saturated carbocycles. The molecule has 0 fully saturated rings. The van der Waals surface area contributed by atoms with Crippen LogP contribution in [0, 0.1) is 10.1 Å². The minimum Gasteiger partial charge on any atom is -0.294 e. The van der Waals surface area contributed by atoms with E-state index in [1.165, 1.54) is 36.4 Å². The third-order valence-corrected chi connectivity index (χ3v) is 7.56. The first-order valence-corrected chi connectivity index (χ1v) is 10.9. The molecule has 0 amide bonds. The number of hydrogen-bond donors (Lipinski definition) is 1. The summed E-state index contributed by atoms with van der Waals surface area (Å²) in [6, 6.07) is 20.5. The Bertz CT molecular complexity index is 1200. The van der Waals surface area contributed by atoms with Gasteiger partial charge >= 0.3 is 0 Å². The van der Waals surface area contributed by atoms with Gasteiger partial charge < -0.3 is 0 Å². The van der Waals surface area contributed by atoms with Crippen molar-refractivity contribution in [1.29, 1.82) is 0 Å². The molecular formula is C18H15N3O5S2. The Labute approximate surface area is 162 Å². The summed E-state index contributed by atoms with van der Waals surface area (Å²) >= 11 is 0. The molecule has 0 bridgehead atoms. The van der Waals surface area contributed by atoms with Crippen molar-refractivity contribution in [3.63, 3.8) is 0 Å². The number of nitro groups is 1. The van der Waals surface area contributed by atoms with Crippen LogP contribution in [0.5, 0.6) is 0 Å². The minimum atomic E-state index is -4.26. The molecule has 0 saturated heterocycles. The second-order valence-corrected chi connectivity index (χ2v) is 9.35. The highest BCUT2D eigenvalue weighted by atomic mass is 32.3. The molecule has 0 aliphatic rings. The molecule has 0 aliphatic heterocycles. The average molecular weight is 417 g/mol. The van der Waals surface area contributed by atoms with Gasteiger partial charge in [-0.3, -0.25) is 14.8 Å². The van der Waals surface area contributed by atoms with Crippen molar-refractivity contribution < 1.29 is 17.6 Å². The van der Waals surface area contributed by atoms with Gasteiger partial charge in [0.25, 0.3) is 15.7 Å². The van der Waals surface area contributed by atoms with E-state index >= 15 is 0 Å². The van der Waals surface area contributed by atoms with Gasteiger partial charge in [0.2, 0.25) is 0 Å². The summed E-state index contributed by atoms with van der Waals surface area (Å²) in [4.78, 5) is 10.2. The number of benzene rings is 3. The zero-order chi connectivity index (χ0) is 20.2. The summed E-state index contributed by atoms with van der Waals surface area (Å²) in [5.41, 5.74) is 0.175. The summed E-state index contributed by atoms with van der Waals surface area (Å²) in [6.07, 6.45) is 0. The standard InChI is InChI=1S/C18H15N3O5S2/c22-21(23)16-11-13-17(14-12-16)27(24,19-15-7-3-1-4-8-15)20-28(25,26)18-9-5-2-6-10-18/h1-14H,(H,19,20,24). The lowest BCUT2D eigenvalue weighted by Gasteiger charge is -2.13. The van der Waals surface area contributed by atoms with Crippen LogP contribution >= 0.6 is 0 Å². The third kappa shape index (κ3) is 4.35. The lowest BCUT2D eigenvalue weighted by atomic mass is 10.3. The first kappa shape index (κ1) is 19.5. The zero-order valence-electron chi connectivity index (χ0n) is 14.3. The van der Waals surface area contributed by atoms with Crippen LogP contribution < -0.4 is 4.72 Å². The van der Waals surface area contributed by atoms with Gasteiger partial charge in [0.1, 0.15) is 0 Å². The lowest BCUT2D eigenvalue weighted by molar-refractivity contribution is -0.384. The van der Waals surface area contributed by atoms with Crippen LogP contribution in [0.3, 0.4) is 0 Å². The summed E-state index contributed by atoms with van der Waals surface area (Å²) < 4.78 is 45.3. The number of non-ortho nitro benzene ring substituents is 1. The fourth-order valence-electron chi connectivity index (χ4n) is 2.31. The maximum atomic E-state index is 13.6. The van der Waals surface area contributed by atoms with Crippen molar-refractivity contribution in [2.24, 2.45) is 3.77 Å². The van der Waals surface area contributed by atoms with Gasteiger partial charge in [0, 0.05) is 17.8 Å². The predicted molar refractivity (Wildman–Crippen MR) is 106 cm³/mol. The summed E-state index contributed by atoms with van der Waals surface area (Å²) in [6.45, 7) is 0. The Balaban J connectivity index is 2.17. The number of hydrogen-bond acceptors (Lipinski definition) is 5. The first-order chi connectivity index (χ1) is 13.3. The molecule has 3 aromatic carbocycles. The van der Waals surface area contributed by atoms with Crippen LogP contribution in [0.4, 0.5) is 11.4 Å². The molecule has 0 heterocycles. The molecule has 10 heteroatoms. The molecule has 1 N–H and O–H groups in total. The van der Waals surface area contributed by atoms with Gasteiger partial charge in [-0.25, -0.2) is 4.21 Å². The summed E-state index contributed by atoms with van der Waals surface area (Å²) in [5, 5.41) is 10.9. The van der Waals surface area contributed by atoms with E-state index in [1.54, 1.807) is 36.4 Å². The third-order valence-electron chi connectivity index (χ3n) is 3.64. The Kier molecular flexibility index (Phi) is 5.43. The van der Waals surface area contributed by atoms with Crippen LogP contribution in [0.1, 0.15) is 0 Å². The molecule has 1 unspecified atom stereocenters. The molecule has 0 aromatic heterocycles. The molecule has 144 valence electrons. The smallest absolute Gasteiger partial charge is 0.291 e. The van der Waals surface area contributed by atoms with Gasteiger partial charge in [-0.15, -0.1) is 0 Å². The number of para-hydroxylation sites is 1. The highest BCUT2D eigenvalue weighted by molar-refractivity contribution is 8.04. The summed E-state index contributed by atoms with van der Waals surface area (Å²) in [5.74, 6) is 0. The molecule has 0 aliphatic carbocycles. The van der Waals surface area contributed by atoms with E-state index in [9.17, 15) is 22.7 Å². The van der Waals surface area contributed by atoms with Crippen LogP contribution in [0.25, 0.3) is 0 Å². The van der Waals surface area contributed by atoms with Crippen LogP contribution in [0.2, 0.25) is 0 Å². The minimum absolute atomic E-state index is 0.00135. The number of rotatable bonds is 6. The van der Waals surface area contributed by atoms with Gasteiger partial charge in [-0.05, 0) is 36.4 Å². The maximum absolute atomic E-state index is 13.6. The van der Waals surface area contributed by atoms with Gasteiger partial charge in [0.15, 0.2) is 9.92 Å². The number of nitrogens with one attached hydrogen (secondary N) is 1. The number of nitro benzene ring substituents is 1. The summed E-state index contributed by atoms with van der Waals surface area (Å²) in [7, 11) is -7.96. The van der Waals surface area contributed by atoms with E-state index in [0.717, 1.165) is 12.1 Å². The number of nitrogens with zero attached hydrogens (tertiary/aromatic N) is 2. The molecule has 3 aromatic rings. The van der Waals surface area contributed by atoms with E-state index in [1.807, 2.05) is 0 Å². The molecule has 8 nitrogen and oxygen atoms in total. The Morgan fingerprint density at radius 2 is 1.29 bits per heavy atom. The van der Waals surface area contributed by atoms with Crippen LogP contribution in [-0.2, 0) is 19.9 Å². The average Bonchev–Trinajstić information content (AvgIpc) is 2.69. The second kappa shape index (κ2) is 7.79.